The molecule has 2 heterocycles. The van der Waals surface area contributed by atoms with Crippen molar-refractivity contribution in [3.8, 4) is 0 Å². The van der Waals surface area contributed by atoms with Crippen LogP contribution in [-0.4, -0.2) is 36.7 Å². The van der Waals surface area contributed by atoms with Gasteiger partial charge in [0.15, 0.2) is 11.5 Å². The second-order valence-corrected chi connectivity index (χ2v) is 7.47. The molecular formula is C12H20ClFN5O3P. The first-order valence-corrected chi connectivity index (χ1v) is 9.35. The van der Waals surface area contributed by atoms with Crippen LogP contribution in [0.4, 0.5) is 10.2 Å². The molecule has 5 N–H and O–H groups in total. The lowest BCUT2D eigenvalue weighted by molar-refractivity contribution is 0.287. The number of nitrogens with two attached hydrogens (primary N) is 1. The summed E-state index contributed by atoms with van der Waals surface area (Å²) in [6.45, 7) is 0.684. The fourth-order valence-electron chi connectivity index (χ4n) is 2.33. The number of fused-ring (bicyclic) bond motifs is 1. The Morgan fingerprint density at radius 2 is 2.13 bits per heavy atom. The Bertz CT molecular complexity index is 620. The minimum absolute atomic E-state index is 0.118. The van der Waals surface area contributed by atoms with E-state index in [2.05, 4.69) is 15.3 Å². The molecule has 0 bridgehead atoms. The predicted octanol–water partition coefficient (Wildman–Crippen LogP) is 1.96. The van der Waals surface area contributed by atoms with Gasteiger partial charge in [-0.25, -0.2) is 14.4 Å². The average molecular weight is 368 g/mol. The fraction of sp³-hybridized carbons (Fsp3) is 0.667. The molecule has 2 rings (SSSR count). The van der Waals surface area contributed by atoms with Crippen molar-refractivity contribution in [2.75, 3.05) is 5.32 Å². The van der Waals surface area contributed by atoms with Gasteiger partial charge in [0, 0.05) is 6.54 Å². The molecule has 0 radical (unpaired) electrons. The molecule has 1 aromatic heterocycles. The molecular weight excluding hydrogens is 348 g/mol. The van der Waals surface area contributed by atoms with E-state index in [1.54, 1.807) is 6.33 Å². The van der Waals surface area contributed by atoms with Crippen LogP contribution in [0.5, 0.6) is 0 Å². The summed E-state index contributed by atoms with van der Waals surface area (Å²) >= 11 is 5.98. The zero-order valence-electron chi connectivity index (χ0n) is 12.4. The van der Waals surface area contributed by atoms with Gasteiger partial charge in [0.2, 0.25) is 5.91 Å². The molecule has 1 aliphatic rings. The molecule has 0 fully saturated rings. The summed E-state index contributed by atoms with van der Waals surface area (Å²) in [5.41, 5.74) is 6.27. The number of aryl methyl sites for hydroxylation is 1. The lowest BCUT2D eigenvalue weighted by Gasteiger charge is -2.19. The molecule has 1 aromatic rings. The van der Waals surface area contributed by atoms with E-state index in [0.29, 0.717) is 25.1 Å². The van der Waals surface area contributed by atoms with Gasteiger partial charge in [-0.3, -0.25) is 10.3 Å². The molecule has 2 atom stereocenters. The first-order valence-electron chi connectivity index (χ1n) is 7.29. The van der Waals surface area contributed by atoms with Crippen LogP contribution >= 0.6 is 19.2 Å². The number of aromatic nitrogens is 2. The number of hydrogen-bond acceptors (Lipinski definition) is 5. The van der Waals surface area contributed by atoms with Gasteiger partial charge in [-0.2, -0.15) is 0 Å². The third-order valence-electron chi connectivity index (χ3n) is 3.53. The summed E-state index contributed by atoms with van der Waals surface area (Å²) in [5, 5.41) is 3.27. The topological polar surface area (TPSA) is 126 Å². The van der Waals surface area contributed by atoms with Gasteiger partial charge in [-0.05, 0) is 19.3 Å². The van der Waals surface area contributed by atoms with Crippen LogP contribution in [0.3, 0.4) is 0 Å². The maximum atomic E-state index is 13.1. The van der Waals surface area contributed by atoms with Crippen LogP contribution in [0.2, 0.25) is 0 Å². The van der Waals surface area contributed by atoms with Gasteiger partial charge < -0.3 is 19.7 Å². The molecule has 11 heteroatoms. The number of aliphatic imine (C=N–C) groups is 1. The second-order valence-electron chi connectivity index (χ2n) is 5.37. The number of imidazole rings is 1. The van der Waals surface area contributed by atoms with E-state index < -0.39 is 19.8 Å². The maximum absolute atomic E-state index is 13.1. The molecule has 0 aromatic carbocycles. The standard InChI is InChI=1S/C12H20ClFN5O3P/c13-10-9-11(18-12(15)17-10)19(7-16-9)6-4-2-1-3-5-8(14)23(20,21)22/h7-8,12,18H,1-6,15H2,(H2,20,21,22). The molecule has 130 valence electrons. The van der Waals surface area contributed by atoms with Gasteiger partial charge in [-0.1, -0.05) is 24.4 Å². The quantitative estimate of drug-likeness (QED) is 0.411. The van der Waals surface area contributed by atoms with E-state index in [0.717, 1.165) is 18.7 Å². The smallest absolute Gasteiger partial charge is 0.336 e. The van der Waals surface area contributed by atoms with Gasteiger partial charge in [0.05, 0.1) is 6.33 Å². The van der Waals surface area contributed by atoms with Gasteiger partial charge in [0.25, 0.3) is 0 Å². The summed E-state index contributed by atoms with van der Waals surface area (Å²) < 4.78 is 25.6. The number of anilines is 1. The van der Waals surface area contributed by atoms with E-state index in [9.17, 15) is 8.96 Å². The summed E-state index contributed by atoms with van der Waals surface area (Å²) in [7, 11) is -4.60. The van der Waals surface area contributed by atoms with Gasteiger partial charge >= 0.3 is 7.60 Å². The van der Waals surface area contributed by atoms with Crippen molar-refractivity contribution in [1.82, 2.24) is 9.55 Å². The van der Waals surface area contributed by atoms with Crippen LogP contribution in [0, 0.1) is 0 Å². The highest BCUT2D eigenvalue weighted by molar-refractivity contribution is 7.52. The lowest BCUT2D eigenvalue weighted by atomic mass is 10.1. The molecule has 0 spiro atoms. The molecule has 0 saturated carbocycles. The number of rotatable bonds is 8. The minimum Gasteiger partial charge on any atom is -0.336 e. The number of nitrogens with zero attached hydrogens (tertiary/aromatic N) is 3. The first-order chi connectivity index (χ1) is 10.8. The number of hydrogen-bond donors (Lipinski definition) is 4. The SMILES string of the molecule is NC1N=C(Cl)c2ncn(CCCCCCC(F)P(=O)(O)O)c2N1. The minimum atomic E-state index is -4.60. The number of unbranched alkanes of at least 4 members (excludes halogenated alkanes) is 3. The second kappa shape index (κ2) is 7.72. The van der Waals surface area contributed by atoms with Crippen LogP contribution in [-0.2, 0) is 11.1 Å². The van der Waals surface area contributed by atoms with E-state index in [1.165, 1.54) is 0 Å². The summed E-state index contributed by atoms with van der Waals surface area (Å²) in [4.78, 5) is 25.5. The van der Waals surface area contributed by atoms with E-state index in [-0.39, 0.29) is 11.6 Å². The highest BCUT2D eigenvalue weighted by Crippen LogP contribution is 2.44. The Labute approximate surface area is 138 Å². The monoisotopic (exact) mass is 367 g/mol. The molecule has 8 nitrogen and oxygen atoms in total. The zero-order valence-corrected chi connectivity index (χ0v) is 14.0. The average Bonchev–Trinajstić information content (AvgIpc) is 2.84. The highest BCUT2D eigenvalue weighted by Gasteiger charge is 2.27. The molecule has 0 saturated heterocycles. The normalized spacial score (nSPS) is 19.0. The largest absolute Gasteiger partial charge is 0.359 e. The van der Waals surface area contributed by atoms with Crippen LogP contribution in [0.15, 0.2) is 11.3 Å². The summed E-state index contributed by atoms with van der Waals surface area (Å²) in [6.07, 6.45) is 3.71. The predicted molar refractivity (Wildman–Crippen MR) is 86.2 cm³/mol. The summed E-state index contributed by atoms with van der Waals surface area (Å²) in [5.74, 6) is -1.34. The van der Waals surface area contributed by atoms with E-state index in [1.807, 2.05) is 4.57 Å². The Morgan fingerprint density at radius 3 is 2.83 bits per heavy atom. The highest BCUT2D eigenvalue weighted by atomic mass is 35.5. The zero-order chi connectivity index (χ0) is 17.0. The maximum Gasteiger partial charge on any atom is 0.359 e. The Morgan fingerprint density at radius 1 is 1.43 bits per heavy atom. The van der Waals surface area contributed by atoms with E-state index in [4.69, 9.17) is 27.1 Å². The van der Waals surface area contributed by atoms with Crippen molar-refractivity contribution in [3.63, 3.8) is 0 Å². The summed E-state index contributed by atoms with van der Waals surface area (Å²) in [6, 6.07) is 0. The molecule has 1 aliphatic heterocycles. The van der Waals surface area contributed by atoms with Crippen molar-refractivity contribution in [3.05, 3.63) is 12.0 Å². The van der Waals surface area contributed by atoms with Crippen molar-refractivity contribution >= 4 is 30.2 Å². The Kier molecular flexibility index (Phi) is 6.16. The lowest BCUT2D eigenvalue weighted by Crippen LogP contribution is -2.33. The Hall–Kier alpha value is -0.990. The van der Waals surface area contributed by atoms with Crippen molar-refractivity contribution in [2.45, 2.75) is 50.9 Å². The third-order valence-corrected chi connectivity index (χ3v) is 4.79. The van der Waals surface area contributed by atoms with E-state index >= 15 is 0 Å². The first kappa shape index (κ1) is 18.4. The number of halogens is 2. The van der Waals surface area contributed by atoms with Crippen molar-refractivity contribution < 1.29 is 18.7 Å². The molecule has 0 amide bonds. The van der Waals surface area contributed by atoms with Gasteiger partial charge in [-0.15, -0.1) is 0 Å². The third kappa shape index (κ3) is 4.99. The van der Waals surface area contributed by atoms with Crippen LogP contribution < -0.4 is 11.1 Å². The van der Waals surface area contributed by atoms with Gasteiger partial charge in [0.1, 0.15) is 11.5 Å². The number of nitrogens with one attached hydrogen (secondary N) is 1. The fourth-order valence-corrected chi connectivity index (χ4v) is 3.09. The molecule has 0 aliphatic carbocycles. The Balaban J connectivity index is 1.72. The molecule has 2 unspecified atom stereocenters. The van der Waals surface area contributed by atoms with Crippen LogP contribution in [0.1, 0.15) is 37.8 Å². The molecule has 23 heavy (non-hydrogen) atoms. The number of alkyl halides is 1. The van der Waals surface area contributed by atoms with Crippen molar-refractivity contribution in [2.24, 2.45) is 10.7 Å². The van der Waals surface area contributed by atoms with Crippen LogP contribution in [0.25, 0.3) is 0 Å². The van der Waals surface area contributed by atoms with Crippen molar-refractivity contribution in [1.29, 1.82) is 0 Å².